The molecule has 0 amide bonds. The number of rotatable bonds is 3. The van der Waals surface area contributed by atoms with Crippen LogP contribution in [0.4, 0.5) is 5.69 Å². The molecule has 0 spiro atoms. The van der Waals surface area contributed by atoms with Crippen LogP contribution >= 0.6 is 15.9 Å². The van der Waals surface area contributed by atoms with Crippen LogP contribution in [0.3, 0.4) is 0 Å². The summed E-state index contributed by atoms with van der Waals surface area (Å²) in [5, 5.41) is 0. The number of hydrogen-bond donors (Lipinski definition) is 0. The van der Waals surface area contributed by atoms with Crippen molar-refractivity contribution in [2.24, 2.45) is 7.05 Å². The summed E-state index contributed by atoms with van der Waals surface area (Å²) in [5.41, 5.74) is 3.67. The molecule has 1 saturated heterocycles. The largest absolute Gasteiger partial charge is 0.369 e. The maximum atomic E-state index is 12.2. The van der Waals surface area contributed by atoms with Gasteiger partial charge in [0.15, 0.2) is 0 Å². The Hall–Kier alpha value is -1.59. The Morgan fingerprint density at radius 2 is 1.80 bits per heavy atom. The van der Waals surface area contributed by atoms with Crippen molar-refractivity contribution in [2.75, 3.05) is 32.1 Å². The van der Waals surface area contributed by atoms with E-state index in [2.05, 4.69) is 71.0 Å². The van der Waals surface area contributed by atoms with Crippen LogP contribution in [0.1, 0.15) is 23.5 Å². The molecule has 0 radical (unpaired) electrons. The van der Waals surface area contributed by atoms with Crippen molar-refractivity contribution >= 4 is 21.6 Å². The molecule has 0 bridgehead atoms. The molecule has 3 rings (SSSR count). The molecule has 25 heavy (non-hydrogen) atoms. The quantitative estimate of drug-likeness (QED) is 0.786. The lowest BCUT2D eigenvalue weighted by atomic mass is 9.87. The van der Waals surface area contributed by atoms with Crippen LogP contribution in [0.2, 0.25) is 0 Å². The zero-order chi connectivity index (χ0) is 18.1. The van der Waals surface area contributed by atoms with Gasteiger partial charge in [-0.2, -0.15) is 0 Å². The first-order valence-corrected chi connectivity index (χ1v) is 9.49. The van der Waals surface area contributed by atoms with Crippen LogP contribution in [-0.4, -0.2) is 42.7 Å². The highest BCUT2D eigenvalue weighted by molar-refractivity contribution is 9.10. The summed E-state index contributed by atoms with van der Waals surface area (Å²) in [6.45, 7) is 4.20. The Morgan fingerprint density at radius 3 is 2.48 bits per heavy atom. The average molecular weight is 404 g/mol. The number of benzene rings is 1. The first kappa shape index (κ1) is 18.2. The van der Waals surface area contributed by atoms with Gasteiger partial charge in [-0.15, -0.1) is 0 Å². The van der Waals surface area contributed by atoms with Crippen molar-refractivity contribution in [3.8, 4) is 0 Å². The molecule has 2 heterocycles. The van der Waals surface area contributed by atoms with Gasteiger partial charge in [0.05, 0.1) is 5.69 Å². The first-order valence-electron chi connectivity index (χ1n) is 8.70. The van der Waals surface area contributed by atoms with Gasteiger partial charge in [-0.25, -0.2) is 0 Å². The number of likely N-dealkylation sites (tertiary alicyclic amines) is 1. The van der Waals surface area contributed by atoms with Gasteiger partial charge >= 0.3 is 0 Å². The van der Waals surface area contributed by atoms with Crippen molar-refractivity contribution in [3.63, 3.8) is 0 Å². The minimum Gasteiger partial charge on any atom is -0.369 e. The van der Waals surface area contributed by atoms with Gasteiger partial charge < -0.3 is 14.4 Å². The summed E-state index contributed by atoms with van der Waals surface area (Å²) in [6, 6.07) is 11.3. The lowest BCUT2D eigenvalue weighted by Crippen LogP contribution is -2.48. The number of hydrogen-bond acceptors (Lipinski definition) is 3. The van der Waals surface area contributed by atoms with Crippen molar-refractivity contribution < 1.29 is 0 Å². The number of halogens is 1. The number of aromatic nitrogens is 1. The standard InChI is InChI=1S/C20H26BrN3O/c1-14-5-7-15(8-6-14)16-11-17(13-22(2)12-16)24(4)18-9-10-23(3)20(25)19(18)21/h5-10,16-17H,11-13H2,1-4H3. The molecule has 1 aromatic carbocycles. The van der Waals surface area contributed by atoms with Crippen LogP contribution < -0.4 is 10.5 Å². The molecule has 0 aliphatic carbocycles. The Morgan fingerprint density at radius 1 is 1.12 bits per heavy atom. The molecule has 1 aliphatic heterocycles. The van der Waals surface area contributed by atoms with E-state index in [0.29, 0.717) is 16.4 Å². The first-order chi connectivity index (χ1) is 11.9. The predicted molar refractivity (Wildman–Crippen MR) is 108 cm³/mol. The zero-order valence-corrected chi connectivity index (χ0v) is 17.0. The molecule has 1 fully saturated rings. The number of anilines is 1. The van der Waals surface area contributed by atoms with E-state index in [9.17, 15) is 4.79 Å². The third-order valence-electron chi connectivity index (χ3n) is 5.28. The summed E-state index contributed by atoms with van der Waals surface area (Å²) in [5.74, 6) is 0.511. The minimum absolute atomic E-state index is 0.00333. The molecule has 2 unspecified atom stereocenters. The lowest BCUT2D eigenvalue weighted by molar-refractivity contribution is 0.223. The highest BCUT2D eigenvalue weighted by atomic mass is 79.9. The van der Waals surface area contributed by atoms with E-state index in [4.69, 9.17) is 0 Å². The monoisotopic (exact) mass is 403 g/mol. The fourth-order valence-corrected chi connectivity index (χ4v) is 4.40. The lowest BCUT2D eigenvalue weighted by Gasteiger charge is -2.41. The highest BCUT2D eigenvalue weighted by Crippen LogP contribution is 2.32. The van der Waals surface area contributed by atoms with E-state index >= 15 is 0 Å². The molecular weight excluding hydrogens is 378 g/mol. The second kappa shape index (κ2) is 7.34. The molecule has 0 N–H and O–H groups in total. The molecule has 0 saturated carbocycles. The summed E-state index contributed by atoms with van der Waals surface area (Å²) in [4.78, 5) is 16.9. The number of likely N-dealkylation sites (N-methyl/N-ethyl adjacent to an activating group) is 2. The van der Waals surface area contributed by atoms with E-state index in [-0.39, 0.29) is 5.56 Å². The molecule has 2 aromatic rings. The Labute approximate surface area is 158 Å². The van der Waals surface area contributed by atoms with E-state index in [1.807, 2.05) is 12.3 Å². The van der Waals surface area contributed by atoms with E-state index in [0.717, 1.165) is 25.2 Å². The molecule has 2 atom stereocenters. The maximum Gasteiger partial charge on any atom is 0.266 e. The van der Waals surface area contributed by atoms with Gasteiger partial charge in [-0.1, -0.05) is 29.8 Å². The van der Waals surface area contributed by atoms with Gasteiger partial charge in [-0.3, -0.25) is 4.79 Å². The minimum atomic E-state index is 0.00333. The molecule has 4 nitrogen and oxygen atoms in total. The van der Waals surface area contributed by atoms with Gasteiger partial charge in [0.25, 0.3) is 5.56 Å². The highest BCUT2D eigenvalue weighted by Gasteiger charge is 2.30. The topological polar surface area (TPSA) is 28.5 Å². The fourth-order valence-electron chi connectivity index (χ4n) is 3.71. The van der Waals surface area contributed by atoms with Gasteiger partial charge in [0.1, 0.15) is 4.47 Å². The second-order valence-corrected chi connectivity index (χ2v) is 8.05. The SMILES string of the molecule is Cc1ccc(C2CC(N(C)c3ccn(C)c(=O)c3Br)CN(C)C2)cc1. The van der Waals surface area contributed by atoms with Crippen molar-refractivity contribution in [2.45, 2.75) is 25.3 Å². The smallest absolute Gasteiger partial charge is 0.266 e. The Bertz CT molecular complexity index is 800. The summed E-state index contributed by atoms with van der Waals surface area (Å²) in [6.07, 6.45) is 2.93. The van der Waals surface area contributed by atoms with Gasteiger partial charge in [-0.05, 0) is 53.9 Å². The van der Waals surface area contributed by atoms with Crippen molar-refractivity contribution in [3.05, 3.63) is 62.5 Å². The van der Waals surface area contributed by atoms with E-state index < -0.39 is 0 Å². The summed E-state index contributed by atoms with van der Waals surface area (Å²) >= 11 is 3.49. The average Bonchev–Trinajstić information content (AvgIpc) is 2.59. The van der Waals surface area contributed by atoms with Crippen molar-refractivity contribution in [1.82, 2.24) is 9.47 Å². The van der Waals surface area contributed by atoms with Crippen LogP contribution in [-0.2, 0) is 7.05 Å². The summed E-state index contributed by atoms with van der Waals surface area (Å²) < 4.78 is 2.24. The normalized spacial score (nSPS) is 21.3. The predicted octanol–water partition coefficient (Wildman–Crippen LogP) is 3.38. The maximum absolute atomic E-state index is 12.2. The van der Waals surface area contributed by atoms with Gasteiger partial charge in [0, 0.05) is 39.4 Å². The third kappa shape index (κ3) is 3.82. The fraction of sp³-hybridized carbons (Fsp3) is 0.450. The molecule has 1 aromatic heterocycles. The van der Waals surface area contributed by atoms with Crippen molar-refractivity contribution in [1.29, 1.82) is 0 Å². The van der Waals surface area contributed by atoms with Gasteiger partial charge in [0.2, 0.25) is 0 Å². The zero-order valence-electron chi connectivity index (χ0n) is 15.4. The molecular formula is C20H26BrN3O. The molecule has 134 valence electrons. The molecule has 1 aliphatic rings. The van der Waals surface area contributed by atoms with E-state index in [1.165, 1.54) is 11.1 Å². The molecule has 5 heteroatoms. The Kier molecular flexibility index (Phi) is 5.35. The van der Waals surface area contributed by atoms with Crippen LogP contribution in [0.5, 0.6) is 0 Å². The van der Waals surface area contributed by atoms with Crippen LogP contribution in [0.15, 0.2) is 45.8 Å². The number of nitrogens with zero attached hydrogens (tertiary/aromatic N) is 3. The Balaban J connectivity index is 1.85. The van der Waals surface area contributed by atoms with E-state index in [1.54, 1.807) is 11.6 Å². The number of piperidine rings is 1. The third-order valence-corrected chi connectivity index (χ3v) is 6.02. The van der Waals surface area contributed by atoms with Crippen LogP contribution in [0.25, 0.3) is 0 Å². The van der Waals surface area contributed by atoms with Crippen LogP contribution in [0, 0.1) is 6.92 Å². The summed E-state index contributed by atoms with van der Waals surface area (Å²) in [7, 11) is 6.05. The number of aryl methyl sites for hydroxylation is 2. The number of pyridine rings is 1. The second-order valence-electron chi connectivity index (χ2n) is 7.26.